The second-order valence-corrected chi connectivity index (χ2v) is 7.41. The Bertz CT molecular complexity index is 722. The van der Waals surface area contributed by atoms with Crippen molar-refractivity contribution in [2.75, 3.05) is 13.1 Å². The van der Waals surface area contributed by atoms with E-state index in [0.29, 0.717) is 6.54 Å². The van der Waals surface area contributed by atoms with Crippen molar-refractivity contribution in [2.45, 2.75) is 38.9 Å². The van der Waals surface area contributed by atoms with Crippen LogP contribution in [0, 0.1) is 11.8 Å². The molecule has 2 heterocycles. The summed E-state index contributed by atoms with van der Waals surface area (Å²) < 4.78 is 0. The SMILES string of the molecule is CC#CC(=O)N(Cc1cccs1)C1CCN(Cc2ccccc2)CC1. The first-order chi connectivity index (χ1) is 12.3. The second kappa shape index (κ2) is 8.84. The molecule has 0 N–H and O–H groups in total. The van der Waals surface area contributed by atoms with Gasteiger partial charge in [0.1, 0.15) is 0 Å². The number of piperidine rings is 1. The van der Waals surface area contributed by atoms with Crippen molar-refractivity contribution >= 4 is 17.2 Å². The first-order valence-electron chi connectivity index (χ1n) is 8.78. The minimum Gasteiger partial charge on any atom is -0.324 e. The van der Waals surface area contributed by atoms with Crippen LogP contribution >= 0.6 is 11.3 Å². The highest BCUT2D eigenvalue weighted by atomic mass is 32.1. The van der Waals surface area contributed by atoms with Crippen molar-refractivity contribution < 1.29 is 4.79 Å². The first-order valence-corrected chi connectivity index (χ1v) is 9.66. The molecule has 1 aromatic carbocycles. The zero-order valence-electron chi connectivity index (χ0n) is 14.6. The summed E-state index contributed by atoms with van der Waals surface area (Å²) in [4.78, 5) is 18.2. The molecule has 1 aliphatic rings. The van der Waals surface area contributed by atoms with Crippen LogP contribution in [0.25, 0.3) is 0 Å². The molecule has 3 nitrogen and oxygen atoms in total. The van der Waals surface area contributed by atoms with E-state index in [0.717, 1.165) is 32.5 Å². The molecule has 1 aromatic heterocycles. The van der Waals surface area contributed by atoms with Gasteiger partial charge in [0.05, 0.1) is 6.54 Å². The van der Waals surface area contributed by atoms with E-state index < -0.39 is 0 Å². The fraction of sp³-hybridized carbons (Fsp3) is 0.381. The Labute approximate surface area is 154 Å². The second-order valence-electron chi connectivity index (χ2n) is 6.38. The van der Waals surface area contributed by atoms with E-state index in [1.54, 1.807) is 18.3 Å². The summed E-state index contributed by atoms with van der Waals surface area (Å²) in [5, 5.41) is 2.06. The molecule has 2 aromatic rings. The zero-order chi connectivity index (χ0) is 17.5. The van der Waals surface area contributed by atoms with Gasteiger partial charge in [-0.2, -0.15) is 0 Å². The first kappa shape index (κ1) is 17.7. The number of hydrogen-bond donors (Lipinski definition) is 0. The van der Waals surface area contributed by atoms with Crippen LogP contribution in [0.15, 0.2) is 47.8 Å². The third-order valence-corrected chi connectivity index (χ3v) is 5.51. The van der Waals surface area contributed by atoms with Crippen LogP contribution in [0.1, 0.15) is 30.2 Å². The molecule has 4 heteroatoms. The van der Waals surface area contributed by atoms with Crippen LogP contribution < -0.4 is 0 Å². The van der Waals surface area contributed by atoms with E-state index in [4.69, 9.17) is 0 Å². The molecule has 0 saturated carbocycles. The number of likely N-dealkylation sites (tertiary alicyclic amines) is 1. The molecule has 0 unspecified atom stereocenters. The minimum absolute atomic E-state index is 0.0441. The van der Waals surface area contributed by atoms with Crippen LogP contribution in [0.5, 0.6) is 0 Å². The molecule has 1 amide bonds. The predicted molar refractivity (Wildman–Crippen MR) is 103 cm³/mol. The zero-order valence-corrected chi connectivity index (χ0v) is 15.5. The van der Waals surface area contributed by atoms with E-state index in [-0.39, 0.29) is 11.9 Å². The van der Waals surface area contributed by atoms with Gasteiger partial charge < -0.3 is 4.90 Å². The van der Waals surface area contributed by atoms with Gasteiger partial charge in [-0.25, -0.2) is 0 Å². The highest BCUT2D eigenvalue weighted by Gasteiger charge is 2.27. The van der Waals surface area contributed by atoms with E-state index in [2.05, 4.69) is 58.5 Å². The number of carbonyl (C=O) groups excluding carboxylic acids is 1. The third-order valence-electron chi connectivity index (χ3n) is 4.65. The standard InChI is InChI=1S/C21H24N2OS/c1-2-7-21(24)23(17-20-10-6-15-25-20)19-11-13-22(14-12-19)16-18-8-4-3-5-9-18/h3-6,8-10,15,19H,11-14,16-17H2,1H3. The molecule has 1 saturated heterocycles. The number of nitrogens with zero attached hydrogens (tertiary/aromatic N) is 2. The number of hydrogen-bond acceptors (Lipinski definition) is 3. The van der Waals surface area contributed by atoms with Gasteiger partial charge in [-0.15, -0.1) is 11.3 Å². The Morgan fingerprint density at radius 2 is 1.96 bits per heavy atom. The van der Waals surface area contributed by atoms with Crippen LogP contribution in [0.4, 0.5) is 0 Å². The van der Waals surface area contributed by atoms with Gasteiger partial charge in [0, 0.05) is 30.6 Å². The lowest BCUT2D eigenvalue weighted by Gasteiger charge is -2.37. The maximum absolute atomic E-state index is 12.5. The van der Waals surface area contributed by atoms with Crippen molar-refractivity contribution in [1.82, 2.24) is 9.80 Å². The molecule has 25 heavy (non-hydrogen) atoms. The van der Waals surface area contributed by atoms with Crippen molar-refractivity contribution in [3.8, 4) is 11.8 Å². The fourth-order valence-electron chi connectivity index (χ4n) is 3.35. The van der Waals surface area contributed by atoms with Gasteiger partial charge in [0.15, 0.2) is 0 Å². The summed E-state index contributed by atoms with van der Waals surface area (Å²) >= 11 is 1.70. The van der Waals surface area contributed by atoms with Gasteiger partial charge in [-0.3, -0.25) is 9.69 Å². The Balaban J connectivity index is 1.61. The van der Waals surface area contributed by atoms with Gasteiger partial charge in [-0.1, -0.05) is 42.3 Å². The molecule has 0 bridgehead atoms. The van der Waals surface area contributed by atoms with Crippen molar-refractivity contribution in [3.05, 3.63) is 58.3 Å². The van der Waals surface area contributed by atoms with Crippen LogP contribution in [0.3, 0.4) is 0 Å². The lowest BCUT2D eigenvalue weighted by Crippen LogP contribution is -2.46. The molecular weight excluding hydrogens is 328 g/mol. The largest absolute Gasteiger partial charge is 0.324 e. The molecule has 0 radical (unpaired) electrons. The Hall–Kier alpha value is -2.09. The van der Waals surface area contributed by atoms with Crippen LogP contribution in [-0.4, -0.2) is 34.8 Å². The van der Waals surface area contributed by atoms with Crippen molar-refractivity contribution in [1.29, 1.82) is 0 Å². The molecule has 0 aliphatic carbocycles. The monoisotopic (exact) mass is 352 g/mol. The Kier molecular flexibility index (Phi) is 6.27. The fourth-order valence-corrected chi connectivity index (χ4v) is 4.05. The van der Waals surface area contributed by atoms with Gasteiger partial charge in [0.25, 0.3) is 5.91 Å². The van der Waals surface area contributed by atoms with E-state index in [9.17, 15) is 4.79 Å². The average Bonchev–Trinajstić information content (AvgIpc) is 3.15. The third kappa shape index (κ3) is 4.94. The topological polar surface area (TPSA) is 23.6 Å². The highest BCUT2D eigenvalue weighted by Crippen LogP contribution is 2.22. The molecule has 0 spiro atoms. The van der Waals surface area contributed by atoms with E-state index >= 15 is 0 Å². The number of thiophene rings is 1. The smallest absolute Gasteiger partial charge is 0.299 e. The lowest BCUT2D eigenvalue weighted by molar-refractivity contribution is -0.129. The number of rotatable bonds is 5. The minimum atomic E-state index is -0.0441. The highest BCUT2D eigenvalue weighted by molar-refractivity contribution is 7.09. The quantitative estimate of drug-likeness (QED) is 0.765. The summed E-state index contributed by atoms with van der Waals surface area (Å²) in [6, 6.07) is 15.0. The number of benzene rings is 1. The Morgan fingerprint density at radius 1 is 1.20 bits per heavy atom. The van der Waals surface area contributed by atoms with Gasteiger partial charge >= 0.3 is 0 Å². The summed E-state index contributed by atoms with van der Waals surface area (Å²) in [7, 11) is 0. The summed E-state index contributed by atoms with van der Waals surface area (Å²) in [5.41, 5.74) is 1.35. The van der Waals surface area contributed by atoms with Crippen LogP contribution in [-0.2, 0) is 17.9 Å². The normalized spacial score (nSPS) is 15.4. The molecule has 1 fully saturated rings. The number of carbonyl (C=O) groups is 1. The van der Waals surface area contributed by atoms with Crippen LogP contribution in [0.2, 0.25) is 0 Å². The maximum Gasteiger partial charge on any atom is 0.299 e. The summed E-state index contributed by atoms with van der Waals surface area (Å²) in [6.45, 7) is 5.43. The van der Waals surface area contributed by atoms with Crippen molar-refractivity contribution in [3.63, 3.8) is 0 Å². The predicted octanol–water partition coefficient (Wildman–Crippen LogP) is 3.76. The maximum atomic E-state index is 12.5. The molecule has 3 rings (SSSR count). The van der Waals surface area contributed by atoms with Gasteiger partial charge in [0.2, 0.25) is 0 Å². The number of amides is 1. The summed E-state index contributed by atoms with van der Waals surface area (Å²) in [5.74, 6) is 5.45. The van der Waals surface area contributed by atoms with E-state index in [1.165, 1.54) is 10.4 Å². The molecular formula is C21H24N2OS. The molecule has 0 atom stereocenters. The molecule has 130 valence electrons. The molecule has 1 aliphatic heterocycles. The summed E-state index contributed by atoms with van der Waals surface area (Å²) in [6.07, 6.45) is 2.02. The van der Waals surface area contributed by atoms with Gasteiger partial charge in [-0.05, 0) is 42.7 Å². The lowest BCUT2D eigenvalue weighted by atomic mass is 10.0. The van der Waals surface area contributed by atoms with Crippen molar-refractivity contribution in [2.24, 2.45) is 0 Å². The average molecular weight is 353 g/mol. The van der Waals surface area contributed by atoms with E-state index in [1.807, 2.05) is 11.0 Å². The Morgan fingerprint density at radius 3 is 2.60 bits per heavy atom.